The minimum Gasteiger partial charge on any atom is -0.346 e. The molecule has 0 unspecified atom stereocenters. The second-order valence-electron chi connectivity index (χ2n) is 5.42. The van der Waals surface area contributed by atoms with E-state index >= 15 is 0 Å². The molecule has 12 heteroatoms. The van der Waals surface area contributed by atoms with Crippen LogP contribution in [0.4, 0.5) is 8.78 Å². The van der Waals surface area contributed by atoms with E-state index in [0.29, 0.717) is 21.7 Å². The average Bonchev–Trinajstić information content (AvgIpc) is 2.96. The van der Waals surface area contributed by atoms with Crippen LogP contribution in [0.25, 0.3) is 10.1 Å². The molecule has 0 radical (unpaired) electrons. The van der Waals surface area contributed by atoms with E-state index in [-0.39, 0.29) is 22.0 Å². The summed E-state index contributed by atoms with van der Waals surface area (Å²) in [4.78, 5) is 37.3. The number of carbonyl (C=O) groups excluding carboxylic acids is 1. The van der Waals surface area contributed by atoms with Gasteiger partial charge in [-0.15, -0.1) is 11.3 Å². The van der Waals surface area contributed by atoms with E-state index in [4.69, 9.17) is 9.79 Å². The number of nitrogens with zero attached hydrogens (tertiary/aromatic N) is 2. The quantitative estimate of drug-likeness (QED) is 0.484. The maximum absolute atomic E-state index is 14.1. The summed E-state index contributed by atoms with van der Waals surface area (Å²) in [6, 6.07) is 4.26. The number of nitrogens with one attached hydrogen (secondary N) is 1. The molecule has 0 saturated carbocycles. The fraction of sp³-hybridized carbons (Fsp3) is 0.133. The number of aromatic nitrogens is 2. The predicted octanol–water partition coefficient (Wildman–Crippen LogP) is 3.61. The first-order chi connectivity index (χ1) is 12.6. The van der Waals surface area contributed by atoms with Gasteiger partial charge in [0.25, 0.3) is 5.91 Å². The summed E-state index contributed by atoms with van der Waals surface area (Å²) < 4.78 is 39.4. The van der Waals surface area contributed by atoms with Crippen LogP contribution in [0.3, 0.4) is 0 Å². The summed E-state index contributed by atoms with van der Waals surface area (Å²) in [7, 11) is -5.69. The fourth-order valence-corrected chi connectivity index (χ4v) is 5.15. The molecule has 2 heterocycles. The molecule has 2 aromatic heterocycles. The molecule has 1 aromatic carbocycles. The predicted molar refractivity (Wildman–Crippen MR) is 98.7 cm³/mol. The Kier molecular flexibility index (Phi) is 5.42. The molecule has 142 valence electrons. The molecule has 7 nitrogen and oxygen atoms in total. The summed E-state index contributed by atoms with van der Waals surface area (Å²) in [6.07, 6.45) is 4.48. The molecule has 0 bridgehead atoms. The van der Waals surface area contributed by atoms with E-state index in [1.54, 1.807) is 0 Å². The molecule has 3 N–H and O–H groups in total. The summed E-state index contributed by atoms with van der Waals surface area (Å²) in [5.74, 6) is -0.455. The molecule has 1 amide bonds. The Morgan fingerprint density at radius 2 is 2.07 bits per heavy atom. The van der Waals surface area contributed by atoms with E-state index in [0.717, 1.165) is 0 Å². The topological polar surface area (TPSA) is 112 Å². The molecule has 0 saturated heterocycles. The average molecular weight is 478 g/mol. The number of hydrogen-bond donors (Lipinski definition) is 3. The molecule has 0 aliphatic heterocycles. The highest BCUT2D eigenvalue weighted by Crippen LogP contribution is 2.62. The van der Waals surface area contributed by atoms with Gasteiger partial charge in [-0.1, -0.05) is 0 Å². The largest absolute Gasteiger partial charge is 0.400 e. The van der Waals surface area contributed by atoms with E-state index in [1.807, 2.05) is 0 Å². The van der Waals surface area contributed by atoms with Crippen LogP contribution < -0.4 is 5.32 Å². The van der Waals surface area contributed by atoms with Gasteiger partial charge in [0, 0.05) is 32.5 Å². The van der Waals surface area contributed by atoms with Crippen LogP contribution in [0.1, 0.15) is 20.9 Å². The van der Waals surface area contributed by atoms with Gasteiger partial charge in [-0.3, -0.25) is 19.3 Å². The second-order valence-corrected chi connectivity index (χ2v) is 8.92. The Morgan fingerprint density at radius 1 is 1.33 bits per heavy atom. The standard InChI is InChI=1S/C15H11BrF2N3O4PS/c16-12-10-5-8(14(22)21-7-9-6-19-3-4-20-9)1-2-11(10)27-13(12)15(17,18)26(23,24)25/h1-6H,7H2,(H,21,22)(H2,23,24,25). The third-order valence-electron chi connectivity index (χ3n) is 3.58. The van der Waals surface area contributed by atoms with Crippen molar-refractivity contribution in [3.8, 4) is 0 Å². The lowest BCUT2D eigenvalue weighted by Gasteiger charge is -2.16. The van der Waals surface area contributed by atoms with Crippen LogP contribution in [0.5, 0.6) is 0 Å². The highest BCUT2D eigenvalue weighted by molar-refractivity contribution is 9.10. The van der Waals surface area contributed by atoms with Gasteiger partial charge >= 0.3 is 13.3 Å². The van der Waals surface area contributed by atoms with Gasteiger partial charge in [-0.05, 0) is 34.1 Å². The molecule has 0 aliphatic rings. The van der Waals surface area contributed by atoms with E-state index in [1.165, 1.54) is 36.8 Å². The maximum atomic E-state index is 14.1. The van der Waals surface area contributed by atoms with Crippen LogP contribution in [0.15, 0.2) is 41.3 Å². The van der Waals surface area contributed by atoms with Crippen LogP contribution in [-0.2, 0) is 16.8 Å². The zero-order chi connectivity index (χ0) is 19.8. The number of halogens is 3. The number of carbonyl (C=O) groups is 1. The Morgan fingerprint density at radius 3 is 2.70 bits per heavy atom. The van der Waals surface area contributed by atoms with E-state index < -0.39 is 24.0 Å². The molecular formula is C15H11BrF2N3O4PS. The molecule has 0 aliphatic carbocycles. The Hall–Kier alpha value is -1.78. The number of fused-ring (bicyclic) bond motifs is 1. The van der Waals surface area contributed by atoms with Crippen LogP contribution in [0, 0.1) is 0 Å². The second kappa shape index (κ2) is 7.33. The lowest BCUT2D eigenvalue weighted by Crippen LogP contribution is -2.23. The molecule has 27 heavy (non-hydrogen) atoms. The minimum absolute atomic E-state index is 0.136. The van der Waals surface area contributed by atoms with Crippen molar-refractivity contribution in [3.63, 3.8) is 0 Å². The highest BCUT2D eigenvalue weighted by Gasteiger charge is 2.53. The van der Waals surface area contributed by atoms with Gasteiger partial charge in [-0.25, -0.2) is 0 Å². The molecule has 0 fully saturated rings. The van der Waals surface area contributed by atoms with Gasteiger partial charge in [-0.2, -0.15) is 8.78 Å². The molecule has 0 atom stereocenters. The third-order valence-corrected chi connectivity index (χ3v) is 7.01. The van der Waals surface area contributed by atoms with Crippen molar-refractivity contribution in [1.29, 1.82) is 0 Å². The number of benzene rings is 1. The Bertz CT molecular complexity index is 1060. The SMILES string of the molecule is O=C(NCc1cnccn1)c1ccc2sc(C(F)(F)P(=O)(O)O)c(Br)c2c1. The minimum atomic E-state index is -5.69. The van der Waals surface area contributed by atoms with Gasteiger partial charge in [0.1, 0.15) is 4.88 Å². The number of rotatable bonds is 5. The summed E-state index contributed by atoms with van der Waals surface area (Å²) in [5, 5.41) is 2.89. The van der Waals surface area contributed by atoms with Crippen LogP contribution in [-0.4, -0.2) is 25.7 Å². The van der Waals surface area contributed by atoms with Gasteiger partial charge < -0.3 is 15.1 Å². The lowest BCUT2D eigenvalue weighted by atomic mass is 10.1. The first-order valence-electron chi connectivity index (χ1n) is 7.30. The first-order valence-corrected chi connectivity index (χ1v) is 10.5. The molecule has 3 rings (SSSR count). The van der Waals surface area contributed by atoms with Crippen LogP contribution in [0.2, 0.25) is 0 Å². The molecule has 0 spiro atoms. The monoisotopic (exact) mass is 477 g/mol. The van der Waals surface area contributed by atoms with Crippen molar-refractivity contribution in [3.05, 3.63) is 57.4 Å². The van der Waals surface area contributed by atoms with Crippen molar-refractivity contribution in [1.82, 2.24) is 15.3 Å². The lowest BCUT2D eigenvalue weighted by molar-refractivity contribution is 0.0595. The van der Waals surface area contributed by atoms with Crippen molar-refractivity contribution < 1.29 is 27.9 Å². The Balaban J connectivity index is 1.90. The van der Waals surface area contributed by atoms with Gasteiger partial charge in [0.05, 0.1) is 18.4 Å². The smallest absolute Gasteiger partial charge is 0.346 e. The zero-order valence-corrected chi connectivity index (χ0v) is 16.6. The first kappa shape index (κ1) is 20.0. The summed E-state index contributed by atoms with van der Waals surface area (Å²) in [5.41, 5.74) is -3.58. The van der Waals surface area contributed by atoms with Crippen molar-refractivity contribution in [2.45, 2.75) is 12.2 Å². The van der Waals surface area contributed by atoms with Crippen molar-refractivity contribution >= 4 is 50.9 Å². The van der Waals surface area contributed by atoms with E-state index in [9.17, 15) is 18.1 Å². The highest BCUT2D eigenvalue weighted by atomic mass is 79.9. The summed E-state index contributed by atoms with van der Waals surface area (Å²) >= 11 is 3.53. The summed E-state index contributed by atoms with van der Waals surface area (Å²) in [6.45, 7) is 0.136. The molecular weight excluding hydrogens is 467 g/mol. The Labute approximate surface area is 163 Å². The zero-order valence-electron chi connectivity index (χ0n) is 13.3. The number of amides is 1. The third kappa shape index (κ3) is 3.92. The van der Waals surface area contributed by atoms with Gasteiger partial charge in [0.15, 0.2) is 0 Å². The van der Waals surface area contributed by atoms with Crippen molar-refractivity contribution in [2.75, 3.05) is 0 Å². The van der Waals surface area contributed by atoms with E-state index in [2.05, 4.69) is 31.2 Å². The molecule has 3 aromatic rings. The number of thiophene rings is 1. The fourth-order valence-electron chi connectivity index (χ4n) is 2.23. The van der Waals surface area contributed by atoms with Crippen LogP contribution >= 0.6 is 34.9 Å². The van der Waals surface area contributed by atoms with Crippen molar-refractivity contribution in [2.24, 2.45) is 0 Å². The number of hydrogen-bond acceptors (Lipinski definition) is 5. The van der Waals surface area contributed by atoms with Gasteiger partial charge in [0.2, 0.25) is 0 Å². The number of alkyl halides is 2. The maximum Gasteiger partial charge on any atom is 0.400 e. The normalized spacial score (nSPS) is 12.3.